The third kappa shape index (κ3) is 1.76. The van der Waals surface area contributed by atoms with Crippen molar-refractivity contribution in [3.05, 3.63) is 35.8 Å². The van der Waals surface area contributed by atoms with Gasteiger partial charge in [0.1, 0.15) is 5.52 Å². The summed E-state index contributed by atoms with van der Waals surface area (Å²) in [6.45, 7) is 4.14. The Labute approximate surface area is 117 Å². The number of hydrogen-bond donors (Lipinski definition) is 1. The number of fused-ring (bicyclic) bond motifs is 1. The van der Waals surface area contributed by atoms with E-state index >= 15 is 0 Å². The van der Waals surface area contributed by atoms with Crippen LogP contribution in [0.5, 0.6) is 0 Å². The van der Waals surface area contributed by atoms with Crippen LogP contribution in [-0.2, 0) is 13.5 Å². The monoisotopic (exact) mass is 270 g/mol. The van der Waals surface area contributed by atoms with Crippen LogP contribution in [0.4, 0.5) is 5.95 Å². The van der Waals surface area contributed by atoms with Gasteiger partial charge in [-0.3, -0.25) is 14.2 Å². The highest BCUT2D eigenvalue weighted by molar-refractivity contribution is 5.78. The van der Waals surface area contributed by atoms with Gasteiger partial charge in [0.25, 0.3) is 0 Å². The van der Waals surface area contributed by atoms with Crippen molar-refractivity contribution in [3.8, 4) is 0 Å². The summed E-state index contributed by atoms with van der Waals surface area (Å²) in [6.07, 6.45) is 2.63. The molecular formula is C14H18N6. The number of hydrogen-bond acceptors (Lipinski definition) is 4. The van der Waals surface area contributed by atoms with E-state index in [0.29, 0.717) is 5.95 Å². The summed E-state index contributed by atoms with van der Waals surface area (Å²) in [5.74, 6) is 0.501. The van der Waals surface area contributed by atoms with Gasteiger partial charge in [-0.2, -0.15) is 5.10 Å². The van der Waals surface area contributed by atoms with Crippen molar-refractivity contribution < 1.29 is 0 Å². The van der Waals surface area contributed by atoms with Crippen molar-refractivity contribution in [3.63, 3.8) is 0 Å². The van der Waals surface area contributed by atoms with Crippen molar-refractivity contribution in [1.29, 1.82) is 0 Å². The molecule has 0 aliphatic heterocycles. The lowest BCUT2D eigenvalue weighted by molar-refractivity contribution is 0.620. The Morgan fingerprint density at radius 1 is 1.35 bits per heavy atom. The lowest BCUT2D eigenvalue weighted by atomic mass is 10.2. The Kier molecular flexibility index (Phi) is 2.93. The average Bonchev–Trinajstić information content (AvgIpc) is 2.96. The zero-order chi connectivity index (χ0) is 14.3. The second-order valence-corrected chi connectivity index (χ2v) is 4.87. The Balaban J connectivity index is 2.21. The Morgan fingerprint density at radius 3 is 2.80 bits per heavy atom. The smallest absolute Gasteiger partial charge is 0.203 e. The molecule has 0 aromatic carbocycles. The number of rotatable bonds is 3. The average molecular weight is 270 g/mol. The van der Waals surface area contributed by atoms with Crippen molar-refractivity contribution in [2.24, 2.45) is 7.05 Å². The van der Waals surface area contributed by atoms with E-state index in [1.807, 2.05) is 34.5 Å². The first kappa shape index (κ1) is 12.7. The molecule has 0 fully saturated rings. The van der Waals surface area contributed by atoms with Crippen molar-refractivity contribution in [2.75, 3.05) is 5.73 Å². The largest absolute Gasteiger partial charge is 0.369 e. The zero-order valence-corrected chi connectivity index (χ0v) is 11.9. The van der Waals surface area contributed by atoms with Crippen LogP contribution >= 0.6 is 0 Å². The minimum atomic E-state index is 0.0151. The minimum Gasteiger partial charge on any atom is -0.369 e. The fourth-order valence-electron chi connectivity index (χ4n) is 2.59. The number of aryl methyl sites for hydroxylation is 2. The summed E-state index contributed by atoms with van der Waals surface area (Å²) in [5, 5.41) is 4.50. The first-order valence-corrected chi connectivity index (χ1v) is 6.73. The van der Waals surface area contributed by atoms with Gasteiger partial charge in [0, 0.05) is 13.2 Å². The fraction of sp³-hybridized carbons (Fsp3) is 0.357. The van der Waals surface area contributed by atoms with E-state index in [4.69, 9.17) is 5.73 Å². The molecule has 20 heavy (non-hydrogen) atoms. The summed E-state index contributed by atoms with van der Waals surface area (Å²) in [5.41, 5.74) is 9.87. The van der Waals surface area contributed by atoms with Crippen LogP contribution in [0.3, 0.4) is 0 Å². The molecule has 6 nitrogen and oxygen atoms in total. The SMILES string of the molecule is CCc1nn(C)c2c1nc(N)n2C(C)c1ccccn1. The second-order valence-electron chi connectivity index (χ2n) is 4.87. The first-order valence-electron chi connectivity index (χ1n) is 6.73. The Morgan fingerprint density at radius 2 is 2.15 bits per heavy atom. The van der Waals surface area contributed by atoms with Crippen molar-refractivity contribution in [2.45, 2.75) is 26.3 Å². The van der Waals surface area contributed by atoms with E-state index < -0.39 is 0 Å². The number of nitrogen functional groups attached to an aromatic ring is 1. The summed E-state index contributed by atoms with van der Waals surface area (Å²) in [6, 6.07) is 5.89. The summed E-state index contributed by atoms with van der Waals surface area (Å²) >= 11 is 0. The first-order chi connectivity index (χ1) is 9.63. The van der Waals surface area contributed by atoms with E-state index in [9.17, 15) is 0 Å². The van der Waals surface area contributed by atoms with Gasteiger partial charge in [-0.15, -0.1) is 0 Å². The normalized spacial score (nSPS) is 12.9. The number of nitrogens with zero attached hydrogens (tertiary/aromatic N) is 5. The number of anilines is 1. The molecule has 1 atom stereocenters. The maximum absolute atomic E-state index is 6.11. The van der Waals surface area contributed by atoms with Gasteiger partial charge < -0.3 is 5.73 Å². The molecule has 0 aliphatic rings. The van der Waals surface area contributed by atoms with Crippen LogP contribution in [0.2, 0.25) is 0 Å². The summed E-state index contributed by atoms with van der Waals surface area (Å²) < 4.78 is 3.83. The lowest BCUT2D eigenvalue weighted by Crippen LogP contribution is -2.13. The molecular weight excluding hydrogens is 252 g/mol. The van der Waals surface area contributed by atoms with Crippen LogP contribution in [-0.4, -0.2) is 24.3 Å². The van der Waals surface area contributed by atoms with Gasteiger partial charge in [-0.1, -0.05) is 13.0 Å². The molecule has 0 spiro atoms. The molecule has 0 saturated carbocycles. The molecule has 1 unspecified atom stereocenters. The molecule has 3 rings (SSSR count). The van der Waals surface area contributed by atoms with E-state index in [1.54, 1.807) is 6.20 Å². The third-order valence-corrected chi connectivity index (χ3v) is 3.60. The highest BCUT2D eigenvalue weighted by atomic mass is 15.4. The van der Waals surface area contributed by atoms with Crippen LogP contribution in [0.1, 0.15) is 31.3 Å². The molecule has 3 aromatic rings. The Bertz CT molecular complexity index is 740. The molecule has 0 aliphatic carbocycles. The topological polar surface area (TPSA) is 74.6 Å². The van der Waals surface area contributed by atoms with Crippen molar-refractivity contribution >= 4 is 17.1 Å². The van der Waals surface area contributed by atoms with Gasteiger partial charge in [-0.25, -0.2) is 4.98 Å². The van der Waals surface area contributed by atoms with E-state index in [0.717, 1.165) is 29.0 Å². The standard InChI is InChI=1S/C14H18N6/c1-4-10-12-13(19(3)18-10)20(14(15)17-12)9(2)11-7-5-6-8-16-11/h5-9H,4H2,1-3H3,(H2,15,17). The number of pyridine rings is 1. The fourth-order valence-corrected chi connectivity index (χ4v) is 2.59. The summed E-state index contributed by atoms with van der Waals surface area (Å²) in [7, 11) is 1.92. The van der Waals surface area contributed by atoms with E-state index in [-0.39, 0.29) is 6.04 Å². The third-order valence-electron chi connectivity index (χ3n) is 3.60. The zero-order valence-electron chi connectivity index (χ0n) is 11.9. The van der Waals surface area contributed by atoms with Crippen LogP contribution < -0.4 is 5.73 Å². The molecule has 6 heteroatoms. The van der Waals surface area contributed by atoms with Crippen LogP contribution in [0.25, 0.3) is 11.2 Å². The van der Waals surface area contributed by atoms with E-state index in [2.05, 4.69) is 28.9 Å². The molecule has 0 saturated heterocycles. The maximum Gasteiger partial charge on any atom is 0.203 e. The van der Waals surface area contributed by atoms with Gasteiger partial charge >= 0.3 is 0 Å². The number of aromatic nitrogens is 5. The molecule has 2 N–H and O–H groups in total. The molecule has 0 amide bonds. The number of imidazole rings is 1. The van der Waals surface area contributed by atoms with Gasteiger partial charge in [-0.05, 0) is 25.5 Å². The quantitative estimate of drug-likeness (QED) is 0.789. The maximum atomic E-state index is 6.11. The molecule has 0 radical (unpaired) electrons. The number of nitrogens with two attached hydrogens (primary N) is 1. The van der Waals surface area contributed by atoms with Gasteiger partial charge in [0.05, 0.1) is 17.4 Å². The molecule has 3 aromatic heterocycles. The second kappa shape index (κ2) is 4.63. The van der Waals surface area contributed by atoms with Crippen molar-refractivity contribution in [1.82, 2.24) is 24.3 Å². The van der Waals surface area contributed by atoms with Gasteiger partial charge in [0.15, 0.2) is 5.65 Å². The summed E-state index contributed by atoms with van der Waals surface area (Å²) in [4.78, 5) is 8.89. The van der Waals surface area contributed by atoms with Crippen LogP contribution in [0.15, 0.2) is 24.4 Å². The minimum absolute atomic E-state index is 0.0151. The molecule has 3 heterocycles. The Hall–Kier alpha value is -2.37. The predicted octanol–water partition coefficient (Wildman–Crippen LogP) is 1.92. The lowest BCUT2D eigenvalue weighted by Gasteiger charge is -2.15. The molecule has 104 valence electrons. The highest BCUT2D eigenvalue weighted by Crippen LogP contribution is 2.27. The van der Waals surface area contributed by atoms with E-state index in [1.165, 1.54) is 0 Å². The van der Waals surface area contributed by atoms with Gasteiger partial charge in [0.2, 0.25) is 5.95 Å². The highest BCUT2D eigenvalue weighted by Gasteiger charge is 2.21. The van der Waals surface area contributed by atoms with Crippen LogP contribution in [0, 0.1) is 0 Å². The predicted molar refractivity (Wildman–Crippen MR) is 78.3 cm³/mol. The molecule has 0 bridgehead atoms.